The van der Waals surface area contributed by atoms with Gasteiger partial charge in [0.15, 0.2) is 0 Å². The third kappa shape index (κ3) is 6.28. The Morgan fingerprint density at radius 2 is 1.75 bits per heavy atom. The number of urea groups is 1. The third-order valence-corrected chi connectivity index (χ3v) is 5.13. The summed E-state index contributed by atoms with van der Waals surface area (Å²) in [4.78, 5) is 13.2. The molecule has 4 heteroatoms. The molecule has 0 fully saturated rings. The average molecular weight is 343 g/mol. The predicted octanol–water partition coefficient (Wildman–Crippen LogP) is 5.11. The molecule has 24 heavy (non-hydrogen) atoms. The number of amides is 2. The molecule has 0 bridgehead atoms. The molecule has 1 atom stereocenters. The normalized spacial score (nSPS) is 11.8. The van der Waals surface area contributed by atoms with Crippen LogP contribution < -0.4 is 10.6 Å². The van der Waals surface area contributed by atoms with Gasteiger partial charge in [0.2, 0.25) is 0 Å². The van der Waals surface area contributed by atoms with Crippen LogP contribution in [0.3, 0.4) is 0 Å². The van der Waals surface area contributed by atoms with E-state index < -0.39 is 0 Å². The van der Waals surface area contributed by atoms with Gasteiger partial charge in [0.05, 0.1) is 0 Å². The van der Waals surface area contributed by atoms with Crippen LogP contribution in [-0.2, 0) is 6.42 Å². The molecule has 0 radical (unpaired) electrons. The lowest BCUT2D eigenvalue weighted by Crippen LogP contribution is -2.32. The molecule has 3 nitrogen and oxygen atoms in total. The number of benzene rings is 2. The first kappa shape index (κ1) is 18.4. The highest BCUT2D eigenvalue weighted by molar-refractivity contribution is 7.99. The van der Waals surface area contributed by atoms with Crippen molar-refractivity contribution in [3.05, 3.63) is 59.7 Å². The van der Waals surface area contributed by atoms with Crippen molar-refractivity contribution in [3.63, 3.8) is 0 Å². The van der Waals surface area contributed by atoms with E-state index in [1.165, 1.54) is 16.0 Å². The summed E-state index contributed by atoms with van der Waals surface area (Å²) in [5.74, 6) is 1.39. The Kier molecular flexibility index (Phi) is 7.19. The Labute approximate surface area is 149 Å². The number of carbonyl (C=O) groups excluding carboxylic acids is 1. The fourth-order valence-corrected chi connectivity index (χ4v) is 3.12. The van der Waals surface area contributed by atoms with Gasteiger partial charge in [-0.15, -0.1) is 11.8 Å². The number of hydrogen-bond donors (Lipinski definition) is 2. The molecule has 0 saturated carbocycles. The van der Waals surface area contributed by atoms with E-state index in [4.69, 9.17) is 0 Å². The van der Waals surface area contributed by atoms with Gasteiger partial charge >= 0.3 is 6.03 Å². The van der Waals surface area contributed by atoms with Gasteiger partial charge in [0.1, 0.15) is 0 Å². The van der Waals surface area contributed by atoms with Crippen molar-refractivity contribution in [2.45, 2.75) is 32.1 Å². The van der Waals surface area contributed by atoms with Crippen LogP contribution in [0.1, 0.15) is 25.0 Å². The van der Waals surface area contributed by atoms with Crippen molar-refractivity contribution < 1.29 is 4.79 Å². The van der Waals surface area contributed by atoms with Gasteiger partial charge in [0, 0.05) is 22.9 Å². The van der Waals surface area contributed by atoms with E-state index in [9.17, 15) is 4.79 Å². The average Bonchev–Trinajstić information content (AvgIpc) is 2.60. The van der Waals surface area contributed by atoms with Crippen molar-refractivity contribution in [1.29, 1.82) is 0 Å². The molecule has 0 aromatic heterocycles. The van der Waals surface area contributed by atoms with Crippen LogP contribution in [0.5, 0.6) is 0 Å². The quantitative estimate of drug-likeness (QED) is 0.687. The van der Waals surface area contributed by atoms with Gasteiger partial charge in [-0.25, -0.2) is 4.79 Å². The van der Waals surface area contributed by atoms with Crippen LogP contribution in [0.15, 0.2) is 53.4 Å². The summed E-state index contributed by atoms with van der Waals surface area (Å²) in [7, 11) is 0. The van der Waals surface area contributed by atoms with Gasteiger partial charge in [-0.3, -0.25) is 0 Å². The Hall–Kier alpha value is -1.94. The molecular weight excluding hydrogens is 316 g/mol. The highest BCUT2D eigenvalue weighted by Gasteiger charge is 2.07. The number of nitrogens with one attached hydrogen (secondary N) is 2. The maximum Gasteiger partial charge on any atom is 0.319 e. The standard InChI is InChI=1S/C20H26N2OS/c1-4-17-7-9-18(10-8-17)22-20(23)21-13-16(3)14-24-19-11-5-15(2)6-12-19/h5-12,16H,4,13-14H2,1-3H3,(H2,21,22,23)/t16-/m1/s1. The molecule has 0 unspecified atom stereocenters. The zero-order chi connectivity index (χ0) is 17.4. The SMILES string of the molecule is CCc1ccc(NC(=O)NC[C@@H](C)CSc2ccc(C)cc2)cc1. The molecule has 2 rings (SSSR count). The number of carbonyl (C=O) groups is 1. The van der Waals surface area contributed by atoms with Gasteiger partial charge in [-0.2, -0.15) is 0 Å². The van der Waals surface area contributed by atoms with E-state index in [0.29, 0.717) is 12.5 Å². The lowest BCUT2D eigenvalue weighted by molar-refractivity contribution is 0.251. The molecule has 0 aliphatic rings. The maximum absolute atomic E-state index is 12.0. The number of rotatable bonds is 7. The third-order valence-electron chi connectivity index (χ3n) is 3.79. The highest BCUT2D eigenvalue weighted by Crippen LogP contribution is 2.20. The number of hydrogen-bond acceptors (Lipinski definition) is 2. The molecule has 0 spiro atoms. The van der Waals surface area contributed by atoms with Crippen LogP contribution in [0.25, 0.3) is 0 Å². The minimum absolute atomic E-state index is 0.147. The molecule has 2 amide bonds. The second-order valence-corrected chi connectivity index (χ2v) is 7.21. The number of anilines is 1. The zero-order valence-electron chi connectivity index (χ0n) is 14.6. The fraction of sp³-hybridized carbons (Fsp3) is 0.350. The molecule has 0 aliphatic carbocycles. The molecular formula is C20H26N2OS. The van der Waals surface area contributed by atoms with E-state index in [1.54, 1.807) is 0 Å². The minimum atomic E-state index is -0.147. The molecule has 0 aliphatic heterocycles. The Bertz CT molecular complexity index is 638. The summed E-state index contributed by atoms with van der Waals surface area (Å²) in [5.41, 5.74) is 3.37. The topological polar surface area (TPSA) is 41.1 Å². The molecule has 0 heterocycles. The van der Waals surface area contributed by atoms with Crippen LogP contribution >= 0.6 is 11.8 Å². The van der Waals surface area contributed by atoms with Crippen molar-refractivity contribution in [1.82, 2.24) is 5.32 Å². The summed E-state index contributed by atoms with van der Waals surface area (Å²) < 4.78 is 0. The number of thioether (sulfide) groups is 1. The molecule has 128 valence electrons. The van der Waals surface area contributed by atoms with E-state index in [-0.39, 0.29) is 6.03 Å². The van der Waals surface area contributed by atoms with E-state index in [1.807, 2.05) is 36.0 Å². The van der Waals surface area contributed by atoms with Gasteiger partial charge < -0.3 is 10.6 Å². The Morgan fingerprint density at radius 1 is 1.08 bits per heavy atom. The summed E-state index contributed by atoms with van der Waals surface area (Å²) in [5, 5.41) is 5.81. The summed E-state index contributed by atoms with van der Waals surface area (Å²) >= 11 is 1.83. The largest absolute Gasteiger partial charge is 0.338 e. The second-order valence-electron chi connectivity index (χ2n) is 6.11. The van der Waals surface area contributed by atoms with Gasteiger partial charge in [-0.05, 0) is 49.1 Å². The first-order chi connectivity index (χ1) is 11.6. The van der Waals surface area contributed by atoms with Crippen molar-refractivity contribution in [2.24, 2.45) is 5.92 Å². The first-order valence-corrected chi connectivity index (χ1v) is 9.38. The second kappa shape index (κ2) is 9.38. The Morgan fingerprint density at radius 3 is 2.38 bits per heavy atom. The monoisotopic (exact) mass is 342 g/mol. The predicted molar refractivity (Wildman–Crippen MR) is 104 cm³/mol. The van der Waals surface area contributed by atoms with Crippen molar-refractivity contribution >= 4 is 23.5 Å². The smallest absolute Gasteiger partial charge is 0.319 e. The van der Waals surface area contributed by atoms with Crippen LogP contribution in [0, 0.1) is 12.8 Å². The van der Waals surface area contributed by atoms with E-state index in [2.05, 4.69) is 55.7 Å². The first-order valence-electron chi connectivity index (χ1n) is 8.40. The minimum Gasteiger partial charge on any atom is -0.338 e. The van der Waals surface area contributed by atoms with E-state index in [0.717, 1.165) is 17.9 Å². The fourth-order valence-electron chi connectivity index (χ4n) is 2.20. The summed E-state index contributed by atoms with van der Waals surface area (Å²) in [6.07, 6.45) is 1.00. The van der Waals surface area contributed by atoms with Gasteiger partial charge in [-0.1, -0.05) is 43.7 Å². The maximum atomic E-state index is 12.0. The van der Waals surface area contributed by atoms with Crippen LogP contribution in [-0.4, -0.2) is 18.3 Å². The van der Waals surface area contributed by atoms with Crippen LogP contribution in [0.2, 0.25) is 0 Å². The van der Waals surface area contributed by atoms with Crippen molar-refractivity contribution in [3.8, 4) is 0 Å². The summed E-state index contributed by atoms with van der Waals surface area (Å²) in [6, 6.07) is 16.4. The molecule has 2 aromatic rings. The van der Waals surface area contributed by atoms with E-state index >= 15 is 0 Å². The highest BCUT2D eigenvalue weighted by atomic mass is 32.2. The van der Waals surface area contributed by atoms with Crippen LogP contribution in [0.4, 0.5) is 10.5 Å². The lowest BCUT2D eigenvalue weighted by atomic mass is 10.1. The molecule has 2 aromatic carbocycles. The lowest BCUT2D eigenvalue weighted by Gasteiger charge is -2.13. The van der Waals surface area contributed by atoms with Gasteiger partial charge in [0.25, 0.3) is 0 Å². The molecule has 0 saturated heterocycles. The zero-order valence-corrected chi connectivity index (χ0v) is 15.5. The summed E-state index contributed by atoms with van der Waals surface area (Å²) in [6.45, 7) is 7.02. The number of aryl methyl sites for hydroxylation is 2. The Balaban J connectivity index is 1.69. The molecule has 2 N–H and O–H groups in total. The van der Waals surface area contributed by atoms with Crippen molar-refractivity contribution in [2.75, 3.05) is 17.6 Å².